The molecule has 0 bridgehead atoms. The van der Waals surface area contributed by atoms with E-state index in [1.165, 1.54) is 0 Å². The maximum absolute atomic E-state index is 12.9. The van der Waals surface area contributed by atoms with E-state index in [9.17, 15) is 9.59 Å². The van der Waals surface area contributed by atoms with Crippen molar-refractivity contribution in [3.8, 4) is 23.0 Å². The van der Waals surface area contributed by atoms with Crippen LogP contribution in [0.4, 0.5) is 11.4 Å². The molecule has 0 unspecified atom stereocenters. The van der Waals surface area contributed by atoms with Gasteiger partial charge >= 0.3 is 0 Å². The lowest BCUT2D eigenvalue weighted by Gasteiger charge is -2.19. The van der Waals surface area contributed by atoms with Gasteiger partial charge in [-0.05, 0) is 43.7 Å². The number of amides is 2. The second kappa shape index (κ2) is 11.3. The number of carbonyl (C=O) groups is 2. The highest BCUT2D eigenvalue weighted by Crippen LogP contribution is 2.37. The van der Waals surface area contributed by atoms with Gasteiger partial charge in [-0.2, -0.15) is 0 Å². The number of carbonyl (C=O) groups excluding carboxylic acids is 2. The van der Waals surface area contributed by atoms with E-state index < -0.39 is 0 Å². The van der Waals surface area contributed by atoms with E-state index in [1.54, 1.807) is 42.5 Å². The number of anilines is 2. The van der Waals surface area contributed by atoms with E-state index in [4.69, 9.17) is 18.9 Å². The second-order valence-electron chi connectivity index (χ2n) is 7.73. The largest absolute Gasteiger partial charge is 0.492 e. The van der Waals surface area contributed by atoms with Crippen LogP contribution < -0.4 is 29.6 Å². The Morgan fingerprint density at radius 1 is 0.800 bits per heavy atom. The third-order valence-electron chi connectivity index (χ3n) is 5.21. The van der Waals surface area contributed by atoms with Crippen molar-refractivity contribution < 1.29 is 28.5 Å². The Morgan fingerprint density at radius 2 is 1.43 bits per heavy atom. The van der Waals surface area contributed by atoms with Gasteiger partial charge in [0.05, 0.1) is 31.0 Å². The van der Waals surface area contributed by atoms with Crippen LogP contribution in [0.1, 0.15) is 29.8 Å². The molecule has 4 rings (SSSR count). The molecule has 1 aliphatic heterocycles. The molecule has 0 saturated heterocycles. The van der Waals surface area contributed by atoms with Crippen LogP contribution in [0.3, 0.4) is 0 Å². The highest BCUT2D eigenvalue weighted by atomic mass is 16.6. The van der Waals surface area contributed by atoms with Crippen LogP contribution in [0, 0.1) is 0 Å². The van der Waals surface area contributed by atoms with Crippen LogP contribution in [-0.2, 0) is 11.2 Å². The van der Waals surface area contributed by atoms with Gasteiger partial charge in [0.2, 0.25) is 5.91 Å². The van der Waals surface area contributed by atoms with Gasteiger partial charge in [-0.25, -0.2) is 0 Å². The van der Waals surface area contributed by atoms with Gasteiger partial charge < -0.3 is 29.6 Å². The Bertz CT molecular complexity index is 1200. The summed E-state index contributed by atoms with van der Waals surface area (Å²) in [7, 11) is 0. The van der Waals surface area contributed by atoms with E-state index in [2.05, 4.69) is 10.6 Å². The molecule has 182 valence electrons. The first-order valence-electron chi connectivity index (χ1n) is 11.6. The molecule has 0 spiro atoms. The van der Waals surface area contributed by atoms with Crippen molar-refractivity contribution in [1.29, 1.82) is 0 Å². The number of fused-ring (bicyclic) bond motifs is 1. The van der Waals surface area contributed by atoms with Gasteiger partial charge in [-0.3, -0.25) is 9.59 Å². The third kappa shape index (κ3) is 6.03. The van der Waals surface area contributed by atoms with Crippen molar-refractivity contribution in [1.82, 2.24) is 0 Å². The summed E-state index contributed by atoms with van der Waals surface area (Å²) in [4.78, 5) is 25.6. The van der Waals surface area contributed by atoms with Crippen LogP contribution >= 0.6 is 0 Å². The number of rotatable bonds is 9. The summed E-state index contributed by atoms with van der Waals surface area (Å²) in [6.07, 6.45) is 0.138. The summed E-state index contributed by atoms with van der Waals surface area (Å²) < 4.78 is 22.7. The predicted molar refractivity (Wildman–Crippen MR) is 133 cm³/mol. The van der Waals surface area contributed by atoms with E-state index in [1.807, 2.05) is 32.0 Å². The summed E-state index contributed by atoms with van der Waals surface area (Å²) in [6, 6.07) is 17.7. The Labute approximate surface area is 204 Å². The van der Waals surface area contributed by atoms with E-state index in [-0.39, 0.29) is 18.2 Å². The molecule has 3 aromatic carbocycles. The summed E-state index contributed by atoms with van der Waals surface area (Å²) in [5.41, 5.74) is 2.22. The van der Waals surface area contributed by atoms with E-state index in [0.29, 0.717) is 66.4 Å². The Morgan fingerprint density at radius 3 is 2.09 bits per heavy atom. The molecule has 0 atom stereocenters. The Hall–Kier alpha value is -4.20. The van der Waals surface area contributed by atoms with Crippen LogP contribution in [-0.4, -0.2) is 38.2 Å². The van der Waals surface area contributed by atoms with Crippen molar-refractivity contribution in [3.63, 3.8) is 0 Å². The minimum atomic E-state index is -0.274. The molecule has 35 heavy (non-hydrogen) atoms. The molecule has 2 N–H and O–H groups in total. The average molecular weight is 477 g/mol. The number of nitrogens with one attached hydrogen (secondary N) is 2. The zero-order valence-electron chi connectivity index (χ0n) is 19.8. The fourth-order valence-electron chi connectivity index (χ4n) is 3.67. The molecule has 8 heteroatoms. The molecule has 0 fully saturated rings. The first-order chi connectivity index (χ1) is 17.1. The molecular formula is C27H28N2O6. The highest BCUT2D eigenvalue weighted by Gasteiger charge is 2.18. The molecular weight excluding hydrogens is 448 g/mol. The minimum absolute atomic E-state index is 0.138. The topological polar surface area (TPSA) is 95.1 Å². The van der Waals surface area contributed by atoms with Crippen molar-refractivity contribution in [3.05, 3.63) is 71.8 Å². The average Bonchev–Trinajstić information content (AvgIpc) is 2.87. The van der Waals surface area contributed by atoms with Gasteiger partial charge in [0.15, 0.2) is 11.5 Å². The van der Waals surface area contributed by atoms with Gasteiger partial charge in [0, 0.05) is 17.7 Å². The van der Waals surface area contributed by atoms with E-state index >= 15 is 0 Å². The van der Waals surface area contributed by atoms with Crippen LogP contribution in [0.2, 0.25) is 0 Å². The minimum Gasteiger partial charge on any atom is -0.492 e. The zero-order valence-corrected chi connectivity index (χ0v) is 19.8. The standard InChI is InChI=1S/C27H28N2O6/c1-3-32-23-17-21(29-27(31)19-8-6-5-7-9-19)24(33-4-2)16-20(23)28-26(30)15-18-10-11-22-25(14-18)35-13-12-34-22/h5-11,14,16-17H,3-4,12-13,15H2,1-2H3,(H,28,30)(H,29,31). The van der Waals surface area contributed by atoms with Crippen LogP contribution in [0.15, 0.2) is 60.7 Å². The Kier molecular flexibility index (Phi) is 7.72. The molecule has 1 aliphatic rings. The smallest absolute Gasteiger partial charge is 0.255 e. The molecule has 3 aromatic rings. The van der Waals surface area contributed by atoms with Gasteiger partial charge in [-0.1, -0.05) is 24.3 Å². The molecule has 0 aliphatic carbocycles. The van der Waals surface area contributed by atoms with Crippen molar-refractivity contribution >= 4 is 23.2 Å². The van der Waals surface area contributed by atoms with Gasteiger partial charge in [0.25, 0.3) is 5.91 Å². The number of benzene rings is 3. The van der Waals surface area contributed by atoms with E-state index in [0.717, 1.165) is 5.56 Å². The highest BCUT2D eigenvalue weighted by molar-refractivity contribution is 6.05. The van der Waals surface area contributed by atoms with Crippen LogP contribution in [0.5, 0.6) is 23.0 Å². The van der Waals surface area contributed by atoms with Crippen molar-refractivity contribution in [2.24, 2.45) is 0 Å². The number of ether oxygens (including phenoxy) is 4. The molecule has 0 aromatic heterocycles. The first kappa shape index (κ1) is 23.9. The normalized spacial score (nSPS) is 11.9. The second-order valence-corrected chi connectivity index (χ2v) is 7.73. The maximum atomic E-state index is 12.9. The fraction of sp³-hybridized carbons (Fsp3) is 0.259. The Balaban J connectivity index is 1.54. The lowest BCUT2D eigenvalue weighted by Crippen LogP contribution is -2.18. The zero-order chi connectivity index (χ0) is 24.6. The summed E-state index contributed by atoms with van der Waals surface area (Å²) in [5, 5.41) is 5.78. The summed E-state index contributed by atoms with van der Waals surface area (Å²) in [6.45, 7) is 5.45. The molecule has 0 radical (unpaired) electrons. The molecule has 2 amide bonds. The van der Waals surface area contributed by atoms with Gasteiger partial charge in [0.1, 0.15) is 24.7 Å². The summed E-state index contributed by atoms with van der Waals surface area (Å²) in [5.74, 6) is 1.66. The predicted octanol–water partition coefficient (Wildman–Crippen LogP) is 4.69. The van der Waals surface area contributed by atoms with Crippen molar-refractivity contribution in [2.45, 2.75) is 20.3 Å². The van der Waals surface area contributed by atoms with Crippen LogP contribution in [0.25, 0.3) is 0 Å². The monoisotopic (exact) mass is 476 g/mol. The molecule has 0 saturated carbocycles. The third-order valence-corrected chi connectivity index (χ3v) is 5.21. The number of hydrogen-bond donors (Lipinski definition) is 2. The maximum Gasteiger partial charge on any atom is 0.255 e. The lowest BCUT2D eigenvalue weighted by atomic mass is 10.1. The quantitative estimate of drug-likeness (QED) is 0.465. The molecule has 8 nitrogen and oxygen atoms in total. The first-order valence-corrected chi connectivity index (χ1v) is 11.6. The fourth-order valence-corrected chi connectivity index (χ4v) is 3.67. The SMILES string of the molecule is CCOc1cc(NC(=O)c2ccccc2)c(OCC)cc1NC(=O)Cc1ccc2c(c1)OCCO2. The van der Waals surface area contributed by atoms with Gasteiger partial charge in [-0.15, -0.1) is 0 Å². The number of hydrogen-bond acceptors (Lipinski definition) is 6. The molecule has 1 heterocycles. The summed E-state index contributed by atoms with van der Waals surface area (Å²) >= 11 is 0. The lowest BCUT2D eigenvalue weighted by molar-refractivity contribution is -0.115. The van der Waals surface area contributed by atoms with Crippen molar-refractivity contribution in [2.75, 3.05) is 37.1 Å².